The largest absolute Gasteiger partial charge is 0.345 e. The predicted octanol–water partition coefficient (Wildman–Crippen LogP) is 2.08. The van der Waals surface area contributed by atoms with Gasteiger partial charge in [-0.15, -0.1) is 11.3 Å². The Morgan fingerprint density at radius 3 is 2.81 bits per heavy atom. The highest BCUT2D eigenvalue weighted by molar-refractivity contribution is 7.20. The number of halogens is 2. The molecule has 21 heavy (non-hydrogen) atoms. The molecule has 0 saturated carbocycles. The average molecular weight is 316 g/mol. The zero-order chi connectivity index (χ0) is 15.8. The van der Waals surface area contributed by atoms with Crippen molar-refractivity contribution >= 4 is 27.5 Å². The summed E-state index contributed by atoms with van der Waals surface area (Å²) < 4.78 is 27.8. The molecule has 5 nitrogen and oxygen atoms in total. The maximum atomic E-state index is 13.1. The van der Waals surface area contributed by atoms with Crippen LogP contribution in [0.15, 0.2) is 6.07 Å². The van der Waals surface area contributed by atoms with E-state index >= 15 is 0 Å². The van der Waals surface area contributed by atoms with Gasteiger partial charge in [0.1, 0.15) is 4.83 Å². The summed E-state index contributed by atoms with van der Waals surface area (Å²) in [6.07, 6.45) is 0. The SMILES string of the molecule is CC(C)c1nn(C)c2sc(C(=O)NCC(F)(F)CN)cc12. The van der Waals surface area contributed by atoms with E-state index in [0.717, 1.165) is 15.9 Å². The summed E-state index contributed by atoms with van der Waals surface area (Å²) >= 11 is 1.24. The van der Waals surface area contributed by atoms with Gasteiger partial charge in [0.15, 0.2) is 0 Å². The molecule has 1 amide bonds. The third-order valence-corrected chi connectivity index (χ3v) is 4.32. The van der Waals surface area contributed by atoms with Crippen LogP contribution in [-0.2, 0) is 7.05 Å². The molecule has 0 aliphatic carbocycles. The van der Waals surface area contributed by atoms with Crippen molar-refractivity contribution in [2.24, 2.45) is 12.8 Å². The quantitative estimate of drug-likeness (QED) is 0.887. The van der Waals surface area contributed by atoms with Crippen LogP contribution in [0.3, 0.4) is 0 Å². The summed E-state index contributed by atoms with van der Waals surface area (Å²) in [7, 11) is 1.80. The molecule has 116 valence electrons. The minimum absolute atomic E-state index is 0.223. The van der Waals surface area contributed by atoms with Crippen LogP contribution < -0.4 is 11.1 Å². The molecule has 0 fully saturated rings. The van der Waals surface area contributed by atoms with E-state index in [1.807, 2.05) is 13.8 Å². The number of hydrogen-bond donors (Lipinski definition) is 2. The van der Waals surface area contributed by atoms with Crippen molar-refractivity contribution in [3.8, 4) is 0 Å². The number of fused-ring (bicyclic) bond motifs is 1. The van der Waals surface area contributed by atoms with Gasteiger partial charge in [0.25, 0.3) is 11.8 Å². The van der Waals surface area contributed by atoms with E-state index in [1.165, 1.54) is 11.3 Å². The lowest BCUT2D eigenvalue weighted by Gasteiger charge is -2.13. The first-order valence-electron chi connectivity index (χ1n) is 6.57. The molecule has 0 aromatic carbocycles. The Labute approximate surface area is 125 Å². The number of aryl methyl sites for hydroxylation is 1. The number of nitrogens with two attached hydrogens (primary N) is 1. The molecule has 0 atom stereocenters. The fourth-order valence-electron chi connectivity index (χ4n) is 1.97. The summed E-state index contributed by atoms with van der Waals surface area (Å²) in [5, 5.41) is 7.52. The second-order valence-electron chi connectivity index (χ2n) is 5.24. The number of nitrogens with zero attached hydrogens (tertiary/aromatic N) is 2. The highest BCUT2D eigenvalue weighted by atomic mass is 32.1. The number of rotatable bonds is 5. The number of amides is 1. The van der Waals surface area contributed by atoms with Gasteiger partial charge in [-0.05, 0) is 12.0 Å². The van der Waals surface area contributed by atoms with E-state index in [1.54, 1.807) is 17.8 Å². The molecule has 0 unspecified atom stereocenters. The molecule has 0 bridgehead atoms. The Balaban J connectivity index is 2.23. The summed E-state index contributed by atoms with van der Waals surface area (Å²) in [5.74, 6) is -3.38. The van der Waals surface area contributed by atoms with Crippen molar-refractivity contribution in [3.63, 3.8) is 0 Å². The summed E-state index contributed by atoms with van der Waals surface area (Å²) in [4.78, 5) is 13.2. The van der Waals surface area contributed by atoms with Crippen LogP contribution in [0.2, 0.25) is 0 Å². The van der Waals surface area contributed by atoms with E-state index < -0.39 is 24.9 Å². The number of nitrogens with one attached hydrogen (secondary N) is 1. The number of hydrogen-bond acceptors (Lipinski definition) is 4. The van der Waals surface area contributed by atoms with Crippen molar-refractivity contribution in [1.29, 1.82) is 0 Å². The van der Waals surface area contributed by atoms with Gasteiger partial charge in [-0.25, -0.2) is 8.78 Å². The Morgan fingerprint density at radius 2 is 2.24 bits per heavy atom. The number of thiophene rings is 1. The van der Waals surface area contributed by atoms with Crippen LogP contribution in [0.25, 0.3) is 10.2 Å². The van der Waals surface area contributed by atoms with Gasteiger partial charge in [0, 0.05) is 12.4 Å². The van der Waals surface area contributed by atoms with Crippen LogP contribution in [-0.4, -0.2) is 34.7 Å². The van der Waals surface area contributed by atoms with Gasteiger partial charge in [-0.3, -0.25) is 9.48 Å². The molecule has 0 spiro atoms. The molecular weight excluding hydrogens is 298 g/mol. The topological polar surface area (TPSA) is 72.9 Å². The van der Waals surface area contributed by atoms with E-state index in [-0.39, 0.29) is 5.92 Å². The third-order valence-electron chi connectivity index (χ3n) is 3.12. The number of aromatic nitrogens is 2. The van der Waals surface area contributed by atoms with Crippen LogP contribution >= 0.6 is 11.3 Å². The van der Waals surface area contributed by atoms with Crippen molar-refractivity contribution in [2.45, 2.75) is 25.7 Å². The molecule has 3 N–H and O–H groups in total. The van der Waals surface area contributed by atoms with Gasteiger partial charge < -0.3 is 11.1 Å². The smallest absolute Gasteiger partial charge is 0.277 e. The maximum absolute atomic E-state index is 13.1. The van der Waals surface area contributed by atoms with Crippen LogP contribution in [0, 0.1) is 0 Å². The molecule has 0 aliphatic heterocycles. The highest BCUT2D eigenvalue weighted by Gasteiger charge is 2.28. The molecule has 0 aliphatic rings. The second kappa shape index (κ2) is 5.69. The van der Waals surface area contributed by atoms with Gasteiger partial charge in [0.2, 0.25) is 0 Å². The molecular formula is C13H18F2N4OS. The predicted molar refractivity (Wildman–Crippen MR) is 79.0 cm³/mol. The first-order valence-corrected chi connectivity index (χ1v) is 7.39. The molecule has 0 saturated heterocycles. The van der Waals surface area contributed by atoms with Crippen LogP contribution in [0.4, 0.5) is 8.78 Å². The van der Waals surface area contributed by atoms with E-state index in [4.69, 9.17) is 5.73 Å². The first-order chi connectivity index (χ1) is 9.75. The fraction of sp³-hybridized carbons (Fsp3) is 0.538. The van der Waals surface area contributed by atoms with Crippen LogP contribution in [0.5, 0.6) is 0 Å². The lowest BCUT2D eigenvalue weighted by molar-refractivity contribution is 0.0119. The highest BCUT2D eigenvalue weighted by Crippen LogP contribution is 2.31. The van der Waals surface area contributed by atoms with Gasteiger partial charge in [-0.1, -0.05) is 13.8 Å². The van der Waals surface area contributed by atoms with Gasteiger partial charge in [-0.2, -0.15) is 5.10 Å². The average Bonchev–Trinajstić information content (AvgIpc) is 2.97. The van der Waals surface area contributed by atoms with E-state index in [0.29, 0.717) is 4.88 Å². The Kier molecular flexibility index (Phi) is 4.29. The minimum atomic E-state index is -3.09. The Morgan fingerprint density at radius 1 is 1.57 bits per heavy atom. The minimum Gasteiger partial charge on any atom is -0.345 e. The molecule has 2 rings (SSSR count). The van der Waals surface area contributed by atoms with Gasteiger partial charge in [0.05, 0.1) is 23.7 Å². The zero-order valence-corrected chi connectivity index (χ0v) is 12.9. The zero-order valence-electron chi connectivity index (χ0n) is 12.1. The molecule has 2 aromatic heterocycles. The number of carbonyl (C=O) groups excluding carboxylic acids is 1. The molecule has 8 heteroatoms. The molecule has 2 heterocycles. The second-order valence-corrected chi connectivity index (χ2v) is 6.27. The third kappa shape index (κ3) is 3.21. The van der Waals surface area contributed by atoms with Crippen molar-refractivity contribution in [2.75, 3.05) is 13.1 Å². The molecule has 0 radical (unpaired) electrons. The first kappa shape index (κ1) is 15.8. The van der Waals surface area contributed by atoms with E-state index in [2.05, 4.69) is 10.4 Å². The lowest BCUT2D eigenvalue weighted by atomic mass is 10.1. The van der Waals surface area contributed by atoms with E-state index in [9.17, 15) is 13.6 Å². The summed E-state index contributed by atoms with van der Waals surface area (Å²) in [6.45, 7) is 2.48. The lowest BCUT2D eigenvalue weighted by Crippen LogP contribution is -2.41. The van der Waals surface area contributed by atoms with Crippen LogP contribution in [0.1, 0.15) is 35.1 Å². The van der Waals surface area contributed by atoms with Gasteiger partial charge >= 0.3 is 0 Å². The monoisotopic (exact) mass is 316 g/mol. The maximum Gasteiger partial charge on any atom is 0.277 e. The number of carbonyl (C=O) groups is 1. The number of alkyl halides is 2. The Hall–Kier alpha value is -1.54. The standard InChI is InChI=1S/C13H18F2N4OS/c1-7(2)10-8-4-9(21-12(8)19(3)18-10)11(20)17-6-13(14,15)5-16/h4,7H,5-6,16H2,1-3H3,(H,17,20). The molecule has 2 aromatic rings. The summed E-state index contributed by atoms with van der Waals surface area (Å²) in [6, 6.07) is 1.71. The van der Waals surface area contributed by atoms with Crippen molar-refractivity contribution in [3.05, 3.63) is 16.6 Å². The summed E-state index contributed by atoms with van der Waals surface area (Å²) in [5.41, 5.74) is 5.84. The Bertz CT molecular complexity index is 662. The van der Waals surface area contributed by atoms with Crippen molar-refractivity contribution in [1.82, 2.24) is 15.1 Å². The van der Waals surface area contributed by atoms with Crippen molar-refractivity contribution < 1.29 is 13.6 Å². The normalized spacial score (nSPS) is 12.3. The fourth-order valence-corrected chi connectivity index (χ4v) is 2.97.